The molecule has 6 rings (SSSR count). The standard InChI is InChI=1S/C29H17F6N5O3/c30-16-5-1-15(2-6-16)28-40-38-24(42-28)10-9-22-25(14-3-7-18(8-4-14)43-29(33,34)35)26(39-37-22)23-13-19-20(27(41)36-23)11-17(31)12-21(19)32/h1-12,23H,13H2,(H,36,41)(H,37,39)/b10-9+. The maximum absolute atomic E-state index is 14.7. The van der Waals surface area contributed by atoms with Crippen molar-refractivity contribution < 1.29 is 40.3 Å². The average molecular weight is 597 g/mol. The third-order valence-electron chi connectivity index (χ3n) is 6.58. The lowest BCUT2D eigenvalue weighted by Crippen LogP contribution is -2.36. The number of hydrogen-bond acceptors (Lipinski definition) is 6. The number of ether oxygens (including phenoxy) is 1. The number of H-pyrrole nitrogens is 1. The monoisotopic (exact) mass is 597 g/mol. The second-order valence-corrected chi connectivity index (χ2v) is 9.40. The average Bonchev–Trinajstić information content (AvgIpc) is 3.60. The number of carbonyl (C=O) groups is 1. The Kier molecular flexibility index (Phi) is 6.96. The van der Waals surface area contributed by atoms with E-state index in [1.54, 1.807) is 0 Å². The zero-order valence-corrected chi connectivity index (χ0v) is 21.5. The Morgan fingerprint density at radius 3 is 2.35 bits per heavy atom. The predicted molar refractivity (Wildman–Crippen MR) is 140 cm³/mol. The van der Waals surface area contributed by atoms with E-state index < -0.39 is 41.5 Å². The van der Waals surface area contributed by atoms with Crippen LogP contribution in [-0.2, 0) is 6.42 Å². The number of nitrogens with one attached hydrogen (secondary N) is 2. The van der Waals surface area contributed by atoms with Gasteiger partial charge in [-0.15, -0.1) is 23.4 Å². The molecule has 1 aliphatic rings. The van der Waals surface area contributed by atoms with Crippen molar-refractivity contribution in [2.45, 2.75) is 18.8 Å². The summed E-state index contributed by atoms with van der Waals surface area (Å²) in [4.78, 5) is 12.8. The van der Waals surface area contributed by atoms with Gasteiger partial charge in [-0.1, -0.05) is 12.1 Å². The molecule has 8 nitrogen and oxygen atoms in total. The number of benzene rings is 3. The van der Waals surface area contributed by atoms with Gasteiger partial charge in [-0.3, -0.25) is 9.89 Å². The second-order valence-electron chi connectivity index (χ2n) is 9.40. The molecule has 3 heterocycles. The van der Waals surface area contributed by atoms with E-state index in [9.17, 15) is 31.1 Å². The molecule has 1 amide bonds. The number of amides is 1. The van der Waals surface area contributed by atoms with Crippen LogP contribution >= 0.6 is 0 Å². The Morgan fingerprint density at radius 2 is 1.63 bits per heavy atom. The van der Waals surface area contributed by atoms with Gasteiger partial charge in [-0.2, -0.15) is 5.10 Å². The molecule has 1 aliphatic heterocycles. The van der Waals surface area contributed by atoms with Crippen LogP contribution in [0, 0.1) is 17.5 Å². The van der Waals surface area contributed by atoms with Crippen LogP contribution in [0.4, 0.5) is 26.3 Å². The van der Waals surface area contributed by atoms with Gasteiger partial charge < -0.3 is 14.5 Å². The number of nitrogens with zero attached hydrogens (tertiary/aromatic N) is 3. The molecule has 0 saturated heterocycles. The van der Waals surface area contributed by atoms with E-state index in [-0.39, 0.29) is 35.0 Å². The number of carbonyl (C=O) groups excluding carboxylic acids is 1. The van der Waals surface area contributed by atoms with E-state index in [2.05, 4.69) is 30.4 Å². The smallest absolute Gasteiger partial charge is 0.417 e. The van der Waals surface area contributed by atoms with Crippen LogP contribution in [0.1, 0.15) is 39.2 Å². The Hall–Kier alpha value is -5.40. The van der Waals surface area contributed by atoms with Gasteiger partial charge in [0.1, 0.15) is 23.2 Å². The number of fused-ring (bicyclic) bond motifs is 1. The van der Waals surface area contributed by atoms with Crippen molar-refractivity contribution in [3.63, 3.8) is 0 Å². The minimum Gasteiger partial charge on any atom is -0.417 e. The maximum Gasteiger partial charge on any atom is 0.573 e. The van der Waals surface area contributed by atoms with Crippen LogP contribution in [0.2, 0.25) is 0 Å². The second kappa shape index (κ2) is 10.8. The molecule has 5 aromatic rings. The van der Waals surface area contributed by atoms with Crippen molar-refractivity contribution in [1.82, 2.24) is 25.7 Å². The minimum absolute atomic E-state index is 0.000833. The molecule has 2 aromatic heterocycles. The van der Waals surface area contributed by atoms with Crippen molar-refractivity contribution in [2.24, 2.45) is 0 Å². The lowest BCUT2D eigenvalue weighted by Gasteiger charge is -2.26. The summed E-state index contributed by atoms with van der Waals surface area (Å²) in [6.07, 6.45) is -2.03. The number of aromatic amines is 1. The molecule has 0 fully saturated rings. The largest absolute Gasteiger partial charge is 0.573 e. The highest BCUT2D eigenvalue weighted by Crippen LogP contribution is 2.37. The van der Waals surface area contributed by atoms with Gasteiger partial charge in [0.2, 0.25) is 11.8 Å². The normalized spacial score (nSPS) is 15.0. The third-order valence-corrected chi connectivity index (χ3v) is 6.58. The first-order chi connectivity index (χ1) is 20.5. The summed E-state index contributed by atoms with van der Waals surface area (Å²) in [6.45, 7) is 0. The van der Waals surface area contributed by atoms with E-state index >= 15 is 0 Å². The van der Waals surface area contributed by atoms with Crippen LogP contribution < -0.4 is 10.1 Å². The minimum atomic E-state index is -4.89. The molecular formula is C29H17F6N5O3. The summed E-state index contributed by atoms with van der Waals surface area (Å²) >= 11 is 0. The summed E-state index contributed by atoms with van der Waals surface area (Å²) < 4.78 is 89.4. The summed E-state index contributed by atoms with van der Waals surface area (Å²) in [5, 5.41) is 17.7. The molecule has 0 bridgehead atoms. The quantitative estimate of drug-likeness (QED) is 0.213. The molecule has 0 saturated carbocycles. The molecule has 218 valence electrons. The molecule has 0 spiro atoms. The molecule has 0 radical (unpaired) electrons. The fraction of sp³-hybridized carbons (Fsp3) is 0.103. The van der Waals surface area contributed by atoms with Crippen LogP contribution in [0.5, 0.6) is 5.75 Å². The highest BCUT2D eigenvalue weighted by atomic mass is 19.4. The van der Waals surface area contributed by atoms with Gasteiger partial charge >= 0.3 is 6.36 Å². The Bertz CT molecular complexity index is 1850. The summed E-state index contributed by atoms with van der Waals surface area (Å²) in [7, 11) is 0. The fourth-order valence-corrected chi connectivity index (χ4v) is 4.71. The first-order valence-electron chi connectivity index (χ1n) is 12.5. The van der Waals surface area contributed by atoms with Crippen molar-refractivity contribution in [3.05, 3.63) is 107 Å². The third kappa shape index (κ3) is 5.84. The Morgan fingerprint density at radius 1 is 0.907 bits per heavy atom. The zero-order valence-electron chi connectivity index (χ0n) is 21.5. The van der Waals surface area contributed by atoms with Crippen molar-refractivity contribution in [3.8, 4) is 28.3 Å². The van der Waals surface area contributed by atoms with Crippen LogP contribution in [0.15, 0.2) is 65.1 Å². The molecular weight excluding hydrogens is 580 g/mol. The maximum atomic E-state index is 14.7. The number of halogens is 6. The first kappa shape index (κ1) is 27.8. The number of hydrogen-bond donors (Lipinski definition) is 2. The fourth-order valence-electron chi connectivity index (χ4n) is 4.71. The SMILES string of the molecule is O=C1NC(c2[nH]nc(/C=C/c3nnc(-c4ccc(F)cc4)o3)c2-c2ccc(OC(F)(F)F)cc2)Cc2c(F)cc(F)cc21. The summed E-state index contributed by atoms with van der Waals surface area (Å²) in [6, 6.07) is 11.1. The van der Waals surface area contributed by atoms with E-state index in [0.717, 1.165) is 18.2 Å². The predicted octanol–water partition coefficient (Wildman–Crippen LogP) is 6.64. The van der Waals surface area contributed by atoms with Crippen molar-refractivity contribution >= 4 is 18.1 Å². The molecule has 1 unspecified atom stereocenters. The van der Waals surface area contributed by atoms with E-state index in [1.165, 1.54) is 48.6 Å². The van der Waals surface area contributed by atoms with E-state index in [0.29, 0.717) is 28.5 Å². The van der Waals surface area contributed by atoms with Gasteiger partial charge in [0.05, 0.1) is 17.4 Å². The highest BCUT2D eigenvalue weighted by Gasteiger charge is 2.33. The van der Waals surface area contributed by atoms with Crippen molar-refractivity contribution in [1.29, 1.82) is 0 Å². The molecule has 1 atom stereocenters. The van der Waals surface area contributed by atoms with E-state index in [1.807, 2.05) is 0 Å². The van der Waals surface area contributed by atoms with Crippen LogP contribution in [0.3, 0.4) is 0 Å². The van der Waals surface area contributed by atoms with Crippen molar-refractivity contribution in [2.75, 3.05) is 0 Å². The van der Waals surface area contributed by atoms with Gasteiger partial charge in [-0.25, -0.2) is 13.2 Å². The molecule has 14 heteroatoms. The lowest BCUT2D eigenvalue weighted by atomic mass is 9.90. The zero-order chi connectivity index (χ0) is 30.3. The van der Waals surface area contributed by atoms with E-state index in [4.69, 9.17) is 4.42 Å². The van der Waals surface area contributed by atoms with Gasteiger partial charge in [0.25, 0.3) is 5.91 Å². The molecule has 43 heavy (non-hydrogen) atoms. The molecule has 2 N–H and O–H groups in total. The molecule has 0 aliphatic carbocycles. The number of alkyl halides is 3. The number of aromatic nitrogens is 4. The van der Waals surface area contributed by atoms with Gasteiger partial charge in [-0.05, 0) is 54.1 Å². The number of rotatable bonds is 6. The topological polar surface area (TPSA) is 106 Å². The Labute approximate surface area is 238 Å². The Balaban J connectivity index is 1.37. The van der Waals surface area contributed by atoms with Crippen LogP contribution in [-0.4, -0.2) is 32.7 Å². The highest BCUT2D eigenvalue weighted by molar-refractivity contribution is 5.97. The van der Waals surface area contributed by atoms with Crippen LogP contribution in [0.25, 0.3) is 34.7 Å². The lowest BCUT2D eigenvalue weighted by molar-refractivity contribution is -0.274. The van der Waals surface area contributed by atoms with Gasteiger partial charge in [0, 0.05) is 40.8 Å². The molecule has 3 aromatic carbocycles. The van der Waals surface area contributed by atoms with Gasteiger partial charge in [0.15, 0.2) is 0 Å². The summed E-state index contributed by atoms with van der Waals surface area (Å²) in [5.74, 6) is -3.20. The first-order valence-corrected chi connectivity index (χ1v) is 12.5. The summed E-state index contributed by atoms with van der Waals surface area (Å²) in [5.41, 5.74) is 1.67.